The summed E-state index contributed by atoms with van der Waals surface area (Å²) in [6.07, 6.45) is 51.4. The Morgan fingerprint density at radius 1 is 0.509 bits per heavy atom. The van der Waals surface area contributed by atoms with E-state index in [1.54, 1.807) is 0 Å². The highest BCUT2D eigenvalue weighted by Crippen LogP contribution is 2.16. The van der Waals surface area contributed by atoms with Crippen LogP contribution in [0.1, 0.15) is 251 Å². The monoisotopic (exact) mass is 776 g/mol. The van der Waals surface area contributed by atoms with Gasteiger partial charge in [-0.1, -0.05) is 212 Å². The molecule has 0 saturated heterocycles. The number of hydrogen-bond acceptors (Lipinski definition) is 5. The third kappa shape index (κ3) is 41.8. The van der Waals surface area contributed by atoms with Gasteiger partial charge in [0.2, 0.25) is 5.91 Å². The molecule has 0 aliphatic carbocycles. The van der Waals surface area contributed by atoms with Gasteiger partial charge in [-0.2, -0.15) is 0 Å². The minimum absolute atomic E-state index is 0.0174. The zero-order chi connectivity index (χ0) is 40.1. The molecule has 2 atom stereocenters. The number of aliphatic hydroxyl groups excluding tert-OH is 2. The molecule has 0 bridgehead atoms. The Balaban J connectivity index is 3.44. The van der Waals surface area contributed by atoms with Crippen LogP contribution in [0.5, 0.6) is 0 Å². The van der Waals surface area contributed by atoms with Gasteiger partial charge in [-0.15, -0.1) is 0 Å². The molecule has 0 radical (unpaired) electrons. The molecule has 3 N–H and O–H groups in total. The van der Waals surface area contributed by atoms with Crippen LogP contribution in [0.4, 0.5) is 0 Å². The Bertz CT molecular complexity index is 858. The Hall–Kier alpha value is -1.66. The minimum Gasteiger partial charge on any atom is -0.466 e. The van der Waals surface area contributed by atoms with E-state index in [1.807, 2.05) is 0 Å². The number of nitrogens with one attached hydrogen (secondary N) is 1. The molecule has 0 aromatic rings. The molecule has 0 rings (SSSR count). The maximum Gasteiger partial charge on any atom is 0.305 e. The van der Waals surface area contributed by atoms with Crippen LogP contribution in [0, 0.1) is 0 Å². The number of carbonyl (C=O) groups is 2. The lowest BCUT2D eigenvalue weighted by atomic mass is 10.0. The molecule has 0 spiro atoms. The largest absolute Gasteiger partial charge is 0.466 e. The second-order valence-corrected chi connectivity index (χ2v) is 16.4. The first-order valence-electron chi connectivity index (χ1n) is 24.1. The van der Waals surface area contributed by atoms with E-state index >= 15 is 0 Å². The van der Waals surface area contributed by atoms with Gasteiger partial charge < -0.3 is 20.3 Å². The summed E-state index contributed by atoms with van der Waals surface area (Å²) in [5.41, 5.74) is 0. The fraction of sp³-hybridized carbons (Fsp3) is 0.878. The lowest BCUT2D eigenvalue weighted by Crippen LogP contribution is -2.45. The van der Waals surface area contributed by atoms with Gasteiger partial charge in [0, 0.05) is 12.8 Å². The summed E-state index contributed by atoms with van der Waals surface area (Å²) < 4.78 is 5.45. The van der Waals surface area contributed by atoms with Crippen LogP contribution in [0.15, 0.2) is 24.3 Å². The van der Waals surface area contributed by atoms with E-state index in [4.69, 9.17) is 4.74 Å². The van der Waals surface area contributed by atoms with Gasteiger partial charge in [0.25, 0.3) is 0 Å². The molecule has 324 valence electrons. The SMILES string of the molecule is CCCC/C=C\C/C=C\CCCCCCCC(=O)OCCCCCCCCCCCCCCCCC(=O)NC(CO)C(O)CCCCCCCCCCCC. The lowest BCUT2D eigenvalue weighted by Gasteiger charge is -2.22. The highest BCUT2D eigenvalue weighted by molar-refractivity contribution is 5.76. The van der Waals surface area contributed by atoms with Crippen LogP contribution in [0.25, 0.3) is 0 Å². The van der Waals surface area contributed by atoms with E-state index < -0.39 is 12.1 Å². The van der Waals surface area contributed by atoms with E-state index in [9.17, 15) is 19.8 Å². The van der Waals surface area contributed by atoms with Crippen LogP contribution in [-0.2, 0) is 14.3 Å². The Labute approximate surface area is 341 Å². The first kappa shape index (κ1) is 53.3. The van der Waals surface area contributed by atoms with Crippen LogP contribution in [0.3, 0.4) is 0 Å². The lowest BCUT2D eigenvalue weighted by molar-refractivity contribution is -0.143. The van der Waals surface area contributed by atoms with Gasteiger partial charge in [0.1, 0.15) is 0 Å². The van der Waals surface area contributed by atoms with Crippen LogP contribution >= 0.6 is 0 Å². The molecule has 0 fully saturated rings. The molecule has 0 aromatic carbocycles. The quantitative estimate of drug-likeness (QED) is 0.0325. The number of hydrogen-bond donors (Lipinski definition) is 3. The Morgan fingerprint density at radius 3 is 1.44 bits per heavy atom. The molecule has 6 heteroatoms. The maximum absolute atomic E-state index is 12.4. The molecule has 0 aliphatic rings. The number of esters is 1. The van der Waals surface area contributed by atoms with Crippen molar-refractivity contribution in [1.29, 1.82) is 0 Å². The normalized spacial score (nSPS) is 12.9. The topological polar surface area (TPSA) is 95.9 Å². The number of allylic oxidation sites excluding steroid dienone is 4. The second kappa shape index (κ2) is 45.0. The van der Waals surface area contributed by atoms with Crippen molar-refractivity contribution in [3.05, 3.63) is 24.3 Å². The minimum atomic E-state index is -0.669. The molecule has 0 aromatic heterocycles. The second-order valence-electron chi connectivity index (χ2n) is 16.4. The van der Waals surface area contributed by atoms with E-state index in [2.05, 4.69) is 43.5 Å². The first-order valence-corrected chi connectivity index (χ1v) is 24.1. The zero-order valence-corrected chi connectivity index (χ0v) is 36.7. The molecule has 0 aliphatic heterocycles. The summed E-state index contributed by atoms with van der Waals surface area (Å²) in [5, 5.41) is 23.1. The van der Waals surface area contributed by atoms with Crippen molar-refractivity contribution in [2.45, 2.75) is 264 Å². The third-order valence-electron chi connectivity index (χ3n) is 11.0. The molecule has 0 heterocycles. The van der Waals surface area contributed by atoms with Crippen molar-refractivity contribution in [1.82, 2.24) is 5.32 Å². The molecule has 2 unspecified atom stereocenters. The van der Waals surface area contributed by atoms with Gasteiger partial charge in [-0.3, -0.25) is 9.59 Å². The van der Waals surface area contributed by atoms with Crippen LogP contribution in [-0.4, -0.2) is 47.4 Å². The first-order chi connectivity index (χ1) is 27.0. The fourth-order valence-corrected chi connectivity index (χ4v) is 7.24. The number of ether oxygens (including phenoxy) is 1. The van der Waals surface area contributed by atoms with E-state index in [-0.39, 0.29) is 18.5 Å². The van der Waals surface area contributed by atoms with Crippen molar-refractivity contribution in [3.8, 4) is 0 Å². The fourth-order valence-electron chi connectivity index (χ4n) is 7.24. The van der Waals surface area contributed by atoms with Crippen molar-refractivity contribution in [2.75, 3.05) is 13.2 Å². The maximum atomic E-state index is 12.4. The van der Waals surface area contributed by atoms with E-state index in [0.29, 0.717) is 25.9 Å². The van der Waals surface area contributed by atoms with Crippen LogP contribution < -0.4 is 5.32 Å². The van der Waals surface area contributed by atoms with E-state index in [1.165, 1.54) is 161 Å². The summed E-state index contributed by atoms with van der Waals surface area (Å²) >= 11 is 0. The standard InChI is InChI=1S/C49H93NO5/c1-3-5-7-9-11-13-15-16-20-23-27-31-35-39-43-49(54)55-44-40-36-32-28-24-21-18-17-19-22-26-30-34-38-42-48(53)50-46(45-51)47(52)41-37-33-29-25-14-12-10-8-6-4-2/h9,11,15-16,46-47,51-52H,3-8,10,12-14,17-45H2,1-2H3,(H,50,53)/b11-9-,16-15-. The number of carbonyl (C=O) groups excluding carboxylic acids is 2. The van der Waals surface area contributed by atoms with Crippen molar-refractivity contribution in [3.63, 3.8) is 0 Å². The predicted octanol–water partition coefficient (Wildman–Crippen LogP) is 14.0. The zero-order valence-electron chi connectivity index (χ0n) is 36.7. The van der Waals surface area contributed by atoms with Gasteiger partial charge in [0.15, 0.2) is 0 Å². The number of amides is 1. The van der Waals surface area contributed by atoms with Gasteiger partial charge in [-0.05, 0) is 51.4 Å². The predicted molar refractivity (Wildman–Crippen MR) is 236 cm³/mol. The van der Waals surface area contributed by atoms with Crippen molar-refractivity contribution in [2.24, 2.45) is 0 Å². The Morgan fingerprint density at radius 2 is 0.927 bits per heavy atom. The highest BCUT2D eigenvalue weighted by atomic mass is 16.5. The molecule has 6 nitrogen and oxygen atoms in total. The smallest absolute Gasteiger partial charge is 0.305 e. The Kier molecular flexibility index (Phi) is 43.7. The van der Waals surface area contributed by atoms with Crippen LogP contribution in [0.2, 0.25) is 0 Å². The number of aliphatic hydroxyl groups is 2. The summed E-state index contributed by atoms with van der Waals surface area (Å²) in [6.45, 7) is 4.86. The van der Waals surface area contributed by atoms with Gasteiger partial charge in [0.05, 0.1) is 25.4 Å². The van der Waals surface area contributed by atoms with Gasteiger partial charge in [-0.25, -0.2) is 0 Å². The molecular formula is C49H93NO5. The number of rotatable bonds is 44. The average molecular weight is 776 g/mol. The highest BCUT2D eigenvalue weighted by Gasteiger charge is 2.20. The van der Waals surface area contributed by atoms with E-state index in [0.717, 1.165) is 57.8 Å². The summed E-state index contributed by atoms with van der Waals surface area (Å²) in [5.74, 6) is -0.0659. The summed E-state index contributed by atoms with van der Waals surface area (Å²) in [7, 11) is 0. The molecule has 0 saturated carbocycles. The van der Waals surface area contributed by atoms with Gasteiger partial charge >= 0.3 is 5.97 Å². The van der Waals surface area contributed by atoms with Crippen molar-refractivity contribution >= 4 is 11.9 Å². The summed E-state index contributed by atoms with van der Waals surface area (Å²) in [4.78, 5) is 24.4. The average Bonchev–Trinajstić information content (AvgIpc) is 3.18. The molecule has 1 amide bonds. The molecule has 55 heavy (non-hydrogen) atoms. The molecular weight excluding hydrogens is 683 g/mol. The number of unbranched alkanes of at least 4 members (excludes halogenated alkanes) is 29. The van der Waals surface area contributed by atoms with Crippen molar-refractivity contribution < 1.29 is 24.5 Å². The third-order valence-corrected chi connectivity index (χ3v) is 11.0. The summed E-state index contributed by atoms with van der Waals surface area (Å²) in [6, 6.07) is -0.548.